The first-order valence-electron chi connectivity index (χ1n) is 7.99. The van der Waals surface area contributed by atoms with Crippen LogP contribution >= 0.6 is 0 Å². The van der Waals surface area contributed by atoms with E-state index in [-0.39, 0.29) is 0 Å². The molecule has 1 atom stereocenters. The molecule has 2 aliphatic rings. The maximum atomic E-state index is 3.63. The third-order valence-electron chi connectivity index (χ3n) is 4.82. The average molecular weight is 258 g/mol. The SMILES string of the molecule is CCC1CCCN(c2cccc3c2NCCC3)CC1. The van der Waals surface area contributed by atoms with Crippen molar-refractivity contribution in [1.29, 1.82) is 0 Å². The molecule has 3 rings (SSSR count). The van der Waals surface area contributed by atoms with Gasteiger partial charge in [0.2, 0.25) is 0 Å². The standard InChI is InChI=1S/C17H26N2/c1-2-14-6-5-12-19(13-10-14)16-9-3-7-15-8-4-11-18-17(15)16/h3,7,9,14,18H,2,4-6,8,10-13H2,1H3. The lowest BCUT2D eigenvalue weighted by atomic mass is 9.98. The minimum absolute atomic E-state index is 0.942. The normalized spacial score (nSPS) is 23.4. The van der Waals surface area contributed by atoms with Crippen molar-refractivity contribution >= 4 is 11.4 Å². The van der Waals surface area contributed by atoms with E-state index >= 15 is 0 Å². The molecule has 1 aromatic carbocycles. The van der Waals surface area contributed by atoms with Crippen LogP contribution in [0.4, 0.5) is 11.4 Å². The average Bonchev–Trinajstić information content (AvgIpc) is 2.72. The molecule has 0 bridgehead atoms. The van der Waals surface area contributed by atoms with Crippen LogP contribution in [0.1, 0.15) is 44.6 Å². The summed E-state index contributed by atoms with van der Waals surface area (Å²) < 4.78 is 0. The number of rotatable bonds is 2. The monoisotopic (exact) mass is 258 g/mol. The van der Waals surface area contributed by atoms with Crippen LogP contribution < -0.4 is 10.2 Å². The molecule has 0 aromatic heterocycles. The zero-order valence-corrected chi connectivity index (χ0v) is 12.1. The Morgan fingerprint density at radius 3 is 3.05 bits per heavy atom. The molecular formula is C17H26N2. The van der Waals surface area contributed by atoms with E-state index in [4.69, 9.17) is 0 Å². The molecule has 0 spiro atoms. The van der Waals surface area contributed by atoms with Crippen LogP contribution in [0.3, 0.4) is 0 Å². The number of aryl methyl sites for hydroxylation is 1. The molecule has 1 fully saturated rings. The number of benzene rings is 1. The summed E-state index contributed by atoms with van der Waals surface area (Å²) in [6.45, 7) is 5.94. The smallest absolute Gasteiger partial charge is 0.0610 e. The zero-order valence-electron chi connectivity index (χ0n) is 12.1. The number of fused-ring (bicyclic) bond motifs is 1. The Kier molecular flexibility index (Phi) is 3.95. The molecule has 1 aromatic rings. The summed E-state index contributed by atoms with van der Waals surface area (Å²) >= 11 is 0. The largest absolute Gasteiger partial charge is 0.383 e. The van der Waals surface area contributed by atoms with Crippen molar-refractivity contribution in [2.24, 2.45) is 5.92 Å². The van der Waals surface area contributed by atoms with Gasteiger partial charge in [-0.1, -0.05) is 25.5 Å². The molecule has 0 radical (unpaired) electrons. The van der Waals surface area contributed by atoms with Gasteiger partial charge >= 0.3 is 0 Å². The Balaban J connectivity index is 1.81. The van der Waals surface area contributed by atoms with Gasteiger partial charge in [-0.2, -0.15) is 0 Å². The van der Waals surface area contributed by atoms with Gasteiger partial charge in [-0.15, -0.1) is 0 Å². The highest BCUT2D eigenvalue weighted by Crippen LogP contribution is 2.34. The van der Waals surface area contributed by atoms with Crippen molar-refractivity contribution in [1.82, 2.24) is 0 Å². The summed E-state index contributed by atoms with van der Waals surface area (Å²) in [6, 6.07) is 6.84. The van der Waals surface area contributed by atoms with E-state index in [1.807, 2.05) is 0 Å². The number of hydrogen-bond donors (Lipinski definition) is 1. The van der Waals surface area contributed by atoms with E-state index in [1.165, 1.54) is 68.6 Å². The van der Waals surface area contributed by atoms with E-state index in [1.54, 1.807) is 0 Å². The quantitative estimate of drug-likeness (QED) is 0.860. The maximum absolute atomic E-state index is 3.63. The molecule has 0 aliphatic carbocycles. The van der Waals surface area contributed by atoms with Gasteiger partial charge in [-0.05, 0) is 49.7 Å². The summed E-state index contributed by atoms with van der Waals surface area (Å²) in [6.07, 6.45) is 7.98. The Hall–Kier alpha value is -1.18. The highest BCUT2D eigenvalue weighted by Gasteiger charge is 2.20. The lowest BCUT2D eigenvalue weighted by molar-refractivity contribution is 0.459. The Labute approximate surface area is 117 Å². The topological polar surface area (TPSA) is 15.3 Å². The summed E-state index contributed by atoms with van der Waals surface area (Å²) in [5, 5.41) is 3.63. The van der Waals surface area contributed by atoms with E-state index in [2.05, 4.69) is 35.3 Å². The van der Waals surface area contributed by atoms with Gasteiger partial charge in [0.1, 0.15) is 0 Å². The Morgan fingerprint density at radius 2 is 2.16 bits per heavy atom. The van der Waals surface area contributed by atoms with Gasteiger partial charge in [0.05, 0.1) is 11.4 Å². The Bertz CT molecular complexity index is 427. The molecule has 2 aliphatic heterocycles. The van der Waals surface area contributed by atoms with Crippen molar-refractivity contribution in [3.8, 4) is 0 Å². The molecule has 2 nitrogen and oxygen atoms in total. The van der Waals surface area contributed by atoms with E-state index in [0.717, 1.165) is 12.5 Å². The number of para-hydroxylation sites is 1. The fraction of sp³-hybridized carbons (Fsp3) is 0.647. The van der Waals surface area contributed by atoms with Gasteiger partial charge in [0, 0.05) is 19.6 Å². The second-order valence-electron chi connectivity index (χ2n) is 6.03. The predicted octanol–water partition coefficient (Wildman–Crippen LogP) is 4.06. The number of nitrogens with zero attached hydrogens (tertiary/aromatic N) is 1. The Morgan fingerprint density at radius 1 is 1.21 bits per heavy atom. The highest BCUT2D eigenvalue weighted by molar-refractivity contribution is 5.74. The number of nitrogens with one attached hydrogen (secondary N) is 1. The minimum atomic E-state index is 0.942. The molecule has 0 amide bonds. The second kappa shape index (κ2) is 5.85. The van der Waals surface area contributed by atoms with Crippen LogP contribution in [0, 0.1) is 5.92 Å². The van der Waals surface area contributed by atoms with E-state index in [0.29, 0.717) is 0 Å². The van der Waals surface area contributed by atoms with E-state index < -0.39 is 0 Å². The van der Waals surface area contributed by atoms with Crippen LogP contribution in [-0.4, -0.2) is 19.6 Å². The predicted molar refractivity (Wildman–Crippen MR) is 83.1 cm³/mol. The third-order valence-corrected chi connectivity index (χ3v) is 4.82. The zero-order chi connectivity index (χ0) is 13.1. The fourth-order valence-electron chi connectivity index (χ4n) is 3.57. The summed E-state index contributed by atoms with van der Waals surface area (Å²) in [5.41, 5.74) is 4.39. The second-order valence-corrected chi connectivity index (χ2v) is 6.03. The van der Waals surface area contributed by atoms with Crippen molar-refractivity contribution in [3.05, 3.63) is 23.8 Å². The lowest BCUT2D eigenvalue weighted by Gasteiger charge is -2.29. The van der Waals surface area contributed by atoms with Gasteiger partial charge in [-0.25, -0.2) is 0 Å². The van der Waals surface area contributed by atoms with Gasteiger partial charge in [0.15, 0.2) is 0 Å². The molecule has 2 heteroatoms. The van der Waals surface area contributed by atoms with E-state index in [9.17, 15) is 0 Å². The molecule has 0 saturated carbocycles. The molecule has 1 N–H and O–H groups in total. The first-order valence-corrected chi connectivity index (χ1v) is 7.99. The highest BCUT2D eigenvalue weighted by atomic mass is 15.1. The first kappa shape index (κ1) is 12.8. The van der Waals surface area contributed by atoms with Crippen LogP contribution in [-0.2, 0) is 6.42 Å². The molecule has 104 valence electrons. The molecule has 19 heavy (non-hydrogen) atoms. The van der Waals surface area contributed by atoms with Crippen LogP contribution in [0.5, 0.6) is 0 Å². The summed E-state index contributed by atoms with van der Waals surface area (Å²) in [7, 11) is 0. The summed E-state index contributed by atoms with van der Waals surface area (Å²) in [4.78, 5) is 2.62. The van der Waals surface area contributed by atoms with Crippen molar-refractivity contribution in [2.75, 3.05) is 29.9 Å². The first-order chi connectivity index (χ1) is 9.38. The maximum Gasteiger partial charge on any atom is 0.0610 e. The number of anilines is 2. The van der Waals surface area contributed by atoms with Crippen LogP contribution in [0.25, 0.3) is 0 Å². The van der Waals surface area contributed by atoms with Crippen molar-refractivity contribution < 1.29 is 0 Å². The van der Waals surface area contributed by atoms with Crippen molar-refractivity contribution in [3.63, 3.8) is 0 Å². The fourth-order valence-corrected chi connectivity index (χ4v) is 3.57. The molecule has 1 unspecified atom stereocenters. The summed E-state index contributed by atoms with van der Waals surface area (Å²) in [5.74, 6) is 0.942. The molecular weight excluding hydrogens is 232 g/mol. The van der Waals surface area contributed by atoms with Crippen molar-refractivity contribution in [2.45, 2.75) is 45.4 Å². The van der Waals surface area contributed by atoms with Crippen LogP contribution in [0.2, 0.25) is 0 Å². The van der Waals surface area contributed by atoms with Gasteiger partial charge in [0.25, 0.3) is 0 Å². The third kappa shape index (κ3) is 2.72. The lowest BCUT2D eigenvalue weighted by Crippen LogP contribution is -2.26. The molecule has 2 heterocycles. The van der Waals surface area contributed by atoms with Crippen LogP contribution in [0.15, 0.2) is 18.2 Å². The van der Waals surface area contributed by atoms with Gasteiger partial charge < -0.3 is 10.2 Å². The molecule has 1 saturated heterocycles. The minimum Gasteiger partial charge on any atom is -0.383 e. The van der Waals surface area contributed by atoms with Gasteiger partial charge in [-0.3, -0.25) is 0 Å². The number of hydrogen-bond acceptors (Lipinski definition) is 2.